The molecule has 2 amide bonds. The Balaban J connectivity index is 1.44. The molecule has 0 saturated heterocycles. The number of H-pyrrole nitrogens is 1. The van der Waals surface area contributed by atoms with Crippen LogP contribution in [0.3, 0.4) is 0 Å². The molecule has 0 radical (unpaired) electrons. The van der Waals surface area contributed by atoms with Crippen molar-refractivity contribution in [3.8, 4) is 11.8 Å². The minimum Gasteiger partial charge on any atom is -0.444 e. The highest BCUT2D eigenvalue weighted by molar-refractivity contribution is 7.99. The smallest absolute Gasteiger partial charge is 0.442 e. The van der Waals surface area contributed by atoms with Crippen molar-refractivity contribution in [3.63, 3.8) is 0 Å². The molecule has 0 unspecified atom stereocenters. The first-order valence-corrected chi connectivity index (χ1v) is 12.6. The molecule has 0 aliphatic carbocycles. The van der Waals surface area contributed by atoms with Crippen LogP contribution in [-0.4, -0.2) is 40.1 Å². The molecule has 0 bridgehead atoms. The van der Waals surface area contributed by atoms with Gasteiger partial charge in [0.1, 0.15) is 16.7 Å². The number of para-hydroxylation sites is 1. The summed E-state index contributed by atoms with van der Waals surface area (Å²) in [5.41, 5.74) is 0.754. The van der Waals surface area contributed by atoms with Gasteiger partial charge in [-0.25, -0.2) is 9.59 Å². The molecule has 10 nitrogen and oxygen atoms in total. The highest BCUT2D eigenvalue weighted by atomic mass is 32.2. The summed E-state index contributed by atoms with van der Waals surface area (Å²) in [5, 5.41) is 15.7. The Hall–Kier alpha value is -3.56. The molecule has 2 aromatic heterocycles. The van der Waals surface area contributed by atoms with E-state index in [1.54, 1.807) is 17.0 Å². The zero-order chi connectivity index (χ0) is 25.2. The van der Waals surface area contributed by atoms with E-state index in [-0.39, 0.29) is 16.7 Å². The van der Waals surface area contributed by atoms with E-state index >= 15 is 0 Å². The molecule has 1 aromatic carbocycles. The molecule has 35 heavy (non-hydrogen) atoms. The number of thiophene rings is 1. The van der Waals surface area contributed by atoms with Crippen LogP contribution in [0.4, 0.5) is 9.80 Å². The Bertz CT molecular complexity index is 1350. The average molecular weight is 515 g/mol. The predicted molar refractivity (Wildman–Crippen MR) is 130 cm³/mol. The molecular weight excluding hydrogens is 490 g/mol. The average Bonchev–Trinajstić information content (AvgIpc) is 3.35. The van der Waals surface area contributed by atoms with E-state index < -0.39 is 17.3 Å². The number of ether oxygens (including phenoxy) is 1. The van der Waals surface area contributed by atoms with Crippen molar-refractivity contribution < 1.29 is 23.5 Å². The van der Waals surface area contributed by atoms with Gasteiger partial charge in [-0.1, -0.05) is 18.2 Å². The van der Waals surface area contributed by atoms with E-state index in [9.17, 15) is 19.6 Å². The number of hydrogen-bond donors (Lipinski definition) is 2. The van der Waals surface area contributed by atoms with Crippen molar-refractivity contribution in [1.82, 2.24) is 10.2 Å². The minimum atomic E-state index is -0.600. The first-order chi connectivity index (χ1) is 16.7. The molecule has 3 aromatic rings. The van der Waals surface area contributed by atoms with E-state index in [0.29, 0.717) is 35.8 Å². The number of aromatic nitrogens is 2. The number of amides is 2. The number of benzene rings is 1. The van der Waals surface area contributed by atoms with Crippen molar-refractivity contribution >= 4 is 40.1 Å². The second-order valence-corrected chi connectivity index (χ2v) is 10.8. The highest BCUT2D eigenvalue weighted by Gasteiger charge is 2.30. The lowest BCUT2D eigenvalue weighted by Crippen LogP contribution is -2.39. The van der Waals surface area contributed by atoms with Gasteiger partial charge < -0.3 is 15.0 Å². The first-order valence-electron chi connectivity index (χ1n) is 10.8. The molecule has 1 aliphatic heterocycles. The van der Waals surface area contributed by atoms with Crippen LogP contribution in [0.1, 0.15) is 36.8 Å². The maximum atomic E-state index is 12.7. The van der Waals surface area contributed by atoms with Crippen molar-refractivity contribution in [2.75, 3.05) is 17.6 Å². The Morgan fingerprint density at radius 3 is 2.77 bits per heavy atom. The van der Waals surface area contributed by atoms with Crippen LogP contribution < -0.4 is 15.6 Å². The van der Waals surface area contributed by atoms with Crippen molar-refractivity contribution in [3.05, 3.63) is 56.8 Å². The monoisotopic (exact) mass is 514 g/mol. The van der Waals surface area contributed by atoms with Gasteiger partial charge in [-0.15, -0.1) is 11.3 Å². The van der Waals surface area contributed by atoms with Gasteiger partial charge in [0, 0.05) is 23.6 Å². The fraction of sp³-hybridized carbons (Fsp3) is 0.348. The van der Waals surface area contributed by atoms with Gasteiger partial charge in [0.05, 0.1) is 17.9 Å². The second-order valence-electron chi connectivity index (χ2n) is 8.77. The third kappa shape index (κ3) is 5.58. The molecule has 12 heteroatoms. The van der Waals surface area contributed by atoms with Crippen LogP contribution in [0.2, 0.25) is 0 Å². The minimum absolute atomic E-state index is 0.0626. The predicted octanol–water partition coefficient (Wildman–Crippen LogP) is 3.20. The maximum absolute atomic E-state index is 12.7. The summed E-state index contributed by atoms with van der Waals surface area (Å²) in [5.74, 6) is -0.429. The van der Waals surface area contributed by atoms with Crippen LogP contribution in [0.25, 0.3) is 5.69 Å². The molecule has 0 atom stereocenters. The summed E-state index contributed by atoms with van der Waals surface area (Å²) in [6.45, 7) is 6.17. The lowest BCUT2D eigenvalue weighted by Gasteiger charge is -2.29. The van der Waals surface area contributed by atoms with Crippen LogP contribution in [0, 0.1) is 11.3 Å². The number of nitriles is 1. The van der Waals surface area contributed by atoms with Gasteiger partial charge in [0.2, 0.25) is 11.6 Å². The number of fused-ring (bicyclic) bond motifs is 1. The van der Waals surface area contributed by atoms with Crippen LogP contribution in [0.15, 0.2) is 44.7 Å². The van der Waals surface area contributed by atoms with Crippen LogP contribution >= 0.6 is 23.1 Å². The molecule has 0 saturated carbocycles. The number of carbonyl (C=O) groups excluding carboxylic acids is 2. The van der Waals surface area contributed by atoms with Gasteiger partial charge in [0.25, 0.3) is 0 Å². The molecule has 3 heterocycles. The highest BCUT2D eigenvalue weighted by Crippen LogP contribution is 2.37. The molecule has 1 aliphatic rings. The first kappa shape index (κ1) is 24.6. The topological polar surface area (TPSA) is 132 Å². The summed E-state index contributed by atoms with van der Waals surface area (Å²) >= 11 is 2.30. The molecule has 0 spiro atoms. The summed E-state index contributed by atoms with van der Waals surface area (Å²) < 4.78 is 11.8. The standard InChI is InChI=1S/C23H23N5O5S2/c1-23(2,3)32-22(31)27-10-9-15-16(11-24)19(35-17(15)12-27)25-18(29)13-34-20-21(30)33-26-28(20)14-7-5-4-6-8-14/h4-8H,9-10,12-13H2,1-3H3,(H-,25,26,29,30)/p+1. The van der Waals surface area contributed by atoms with Crippen molar-refractivity contribution in [2.45, 2.75) is 44.4 Å². The summed E-state index contributed by atoms with van der Waals surface area (Å²) in [4.78, 5) is 39.7. The largest absolute Gasteiger partial charge is 0.444 e. The number of nitrogens with one attached hydrogen (secondary N) is 2. The van der Waals surface area contributed by atoms with E-state index in [2.05, 4.69) is 16.7 Å². The number of rotatable bonds is 5. The Morgan fingerprint density at radius 1 is 1.34 bits per heavy atom. The number of anilines is 1. The number of nitrogens with zero attached hydrogens (tertiary/aromatic N) is 3. The molecule has 2 N–H and O–H groups in total. The maximum Gasteiger partial charge on any atom is 0.442 e. The fourth-order valence-corrected chi connectivity index (χ4v) is 5.52. The number of aromatic amines is 1. The van der Waals surface area contributed by atoms with Crippen LogP contribution in [0.5, 0.6) is 0 Å². The number of carbonyl (C=O) groups is 2. The lowest BCUT2D eigenvalue weighted by molar-refractivity contribution is -0.704. The van der Waals surface area contributed by atoms with Gasteiger partial charge in [-0.05, 0) is 54.5 Å². The number of thioether (sulfide) groups is 1. The number of hydrogen-bond acceptors (Lipinski definition) is 8. The van der Waals surface area contributed by atoms with E-state index in [1.807, 2.05) is 39.0 Å². The van der Waals surface area contributed by atoms with Gasteiger partial charge in [-0.2, -0.15) is 5.26 Å². The van der Waals surface area contributed by atoms with E-state index in [0.717, 1.165) is 22.2 Å². The third-order valence-electron chi connectivity index (χ3n) is 5.04. The second kappa shape index (κ2) is 9.97. The zero-order valence-electron chi connectivity index (χ0n) is 19.4. The van der Waals surface area contributed by atoms with Gasteiger partial charge in [0.15, 0.2) is 0 Å². The van der Waals surface area contributed by atoms with E-state index in [1.165, 1.54) is 16.0 Å². The normalized spacial score (nSPS) is 13.1. The molecule has 182 valence electrons. The van der Waals surface area contributed by atoms with Gasteiger partial charge in [-0.3, -0.25) is 9.32 Å². The Morgan fingerprint density at radius 2 is 2.09 bits per heavy atom. The molecular formula is C23H24N5O5S2+. The van der Waals surface area contributed by atoms with E-state index in [4.69, 9.17) is 9.26 Å². The van der Waals surface area contributed by atoms with Crippen LogP contribution in [-0.2, 0) is 22.5 Å². The Kier molecular flexibility index (Phi) is 7.00. The summed E-state index contributed by atoms with van der Waals surface area (Å²) in [6.07, 6.45) is 0.0918. The SMILES string of the molecule is CC(C)(C)OC(=O)N1CCc2c(sc(NC(=O)CSc3c(=O)o[nH][n+]3-c3ccccc3)c2C#N)C1. The zero-order valence-corrected chi connectivity index (χ0v) is 21.0. The quantitative estimate of drug-likeness (QED) is 0.395. The fourth-order valence-electron chi connectivity index (χ4n) is 3.52. The molecule has 0 fully saturated rings. The molecule has 4 rings (SSSR count). The third-order valence-corrected chi connectivity index (χ3v) is 7.20. The lowest BCUT2D eigenvalue weighted by atomic mass is 10.0. The van der Waals surface area contributed by atoms with Crippen molar-refractivity contribution in [2.24, 2.45) is 0 Å². The summed E-state index contributed by atoms with van der Waals surface area (Å²) in [6, 6.07) is 11.3. The van der Waals surface area contributed by atoms with Gasteiger partial charge >= 0.3 is 16.7 Å². The van der Waals surface area contributed by atoms with Crippen molar-refractivity contribution in [1.29, 1.82) is 5.26 Å². The summed E-state index contributed by atoms with van der Waals surface area (Å²) in [7, 11) is 0. The Labute approximate surface area is 209 Å².